The Morgan fingerprint density at radius 2 is 2.17 bits per heavy atom. The fraction of sp³-hybridized carbons (Fsp3) is 0.600. The summed E-state index contributed by atoms with van der Waals surface area (Å²) in [4.78, 5) is 25.3. The number of hydrogen-bond donors (Lipinski definition) is 1. The molecule has 0 spiro atoms. The Kier molecular flexibility index (Phi) is 5.54. The summed E-state index contributed by atoms with van der Waals surface area (Å²) in [5, 5.41) is 9.12. The lowest BCUT2D eigenvalue weighted by molar-refractivity contribution is 0.0119. The van der Waals surface area contributed by atoms with Crippen molar-refractivity contribution >= 4 is 35.0 Å². The average Bonchev–Trinajstić information content (AvgIpc) is 2.66. The van der Waals surface area contributed by atoms with Gasteiger partial charge in [0.05, 0.1) is 17.0 Å². The topological polar surface area (TPSA) is 76.1 Å². The molecule has 0 saturated carbocycles. The van der Waals surface area contributed by atoms with Crippen LogP contribution in [0.15, 0.2) is 6.07 Å². The predicted molar refractivity (Wildman–Crippen MR) is 87.4 cm³/mol. The molecule has 0 bridgehead atoms. The molecule has 1 unspecified atom stereocenters. The highest BCUT2D eigenvalue weighted by molar-refractivity contribution is 7.18. The van der Waals surface area contributed by atoms with E-state index >= 15 is 0 Å². The van der Waals surface area contributed by atoms with E-state index in [1.165, 1.54) is 6.07 Å². The van der Waals surface area contributed by atoms with E-state index in [2.05, 4.69) is 0 Å². The Hall–Kier alpha value is -1.31. The molecule has 1 aliphatic heterocycles. The lowest BCUT2D eigenvalue weighted by Gasteiger charge is -2.31. The van der Waals surface area contributed by atoms with Gasteiger partial charge in [0.25, 0.3) is 0 Å². The van der Waals surface area contributed by atoms with Gasteiger partial charge in [-0.3, -0.25) is 4.90 Å². The van der Waals surface area contributed by atoms with Gasteiger partial charge in [-0.1, -0.05) is 11.6 Å². The fourth-order valence-corrected chi connectivity index (χ4v) is 3.50. The maximum Gasteiger partial charge on any atom is 0.410 e. The van der Waals surface area contributed by atoms with Crippen molar-refractivity contribution in [3.8, 4) is 0 Å². The summed E-state index contributed by atoms with van der Waals surface area (Å²) < 4.78 is 11.4. The number of amides is 1. The van der Waals surface area contributed by atoms with Gasteiger partial charge < -0.3 is 14.6 Å². The minimum absolute atomic E-state index is 0.137. The van der Waals surface area contributed by atoms with Crippen LogP contribution < -0.4 is 0 Å². The second-order valence-electron chi connectivity index (χ2n) is 6.26. The number of halogens is 1. The second kappa shape index (κ2) is 7.07. The lowest BCUT2D eigenvalue weighted by Crippen LogP contribution is -2.40. The van der Waals surface area contributed by atoms with Crippen LogP contribution in [0.5, 0.6) is 0 Å². The fourth-order valence-electron chi connectivity index (χ4n) is 2.29. The predicted octanol–water partition coefficient (Wildman–Crippen LogP) is 3.80. The van der Waals surface area contributed by atoms with Gasteiger partial charge >= 0.3 is 12.1 Å². The molecule has 1 aromatic rings. The first-order valence-electron chi connectivity index (χ1n) is 7.29. The van der Waals surface area contributed by atoms with E-state index in [0.29, 0.717) is 29.5 Å². The summed E-state index contributed by atoms with van der Waals surface area (Å²) in [6, 6.07) is 1.05. The molecule has 0 aliphatic carbocycles. The molecule has 1 aromatic heterocycles. The van der Waals surface area contributed by atoms with Crippen molar-refractivity contribution in [2.24, 2.45) is 0 Å². The zero-order chi connectivity index (χ0) is 17.2. The smallest absolute Gasteiger partial charge is 0.410 e. The van der Waals surface area contributed by atoms with Gasteiger partial charge in [0.15, 0.2) is 0 Å². The summed E-state index contributed by atoms with van der Waals surface area (Å²) >= 11 is 7.18. The van der Waals surface area contributed by atoms with Crippen LogP contribution in [0.3, 0.4) is 0 Å². The van der Waals surface area contributed by atoms with Gasteiger partial charge in [-0.15, -0.1) is 11.3 Å². The molecule has 0 aromatic carbocycles. The van der Waals surface area contributed by atoms with Crippen LogP contribution in [-0.2, 0) is 9.47 Å². The first-order chi connectivity index (χ1) is 10.7. The molecule has 2 heterocycles. The van der Waals surface area contributed by atoms with Gasteiger partial charge in [0.2, 0.25) is 0 Å². The highest BCUT2D eigenvalue weighted by Crippen LogP contribution is 2.36. The van der Waals surface area contributed by atoms with E-state index in [9.17, 15) is 9.59 Å². The Morgan fingerprint density at radius 3 is 2.74 bits per heavy atom. The van der Waals surface area contributed by atoms with Gasteiger partial charge in [-0.25, -0.2) is 9.59 Å². The zero-order valence-electron chi connectivity index (χ0n) is 13.3. The van der Waals surface area contributed by atoms with Crippen LogP contribution in [0, 0.1) is 0 Å². The highest BCUT2D eigenvalue weighted by Gasteiger charge is 2.33. The maximum absolute atomic E-state index is 12.5. The molecule has 1 fully saturated rings. The van der Waals surface area contributed by atoms with E-state index in [4.69, 9.17) is 26.2 Å². The standard InChI is InChI=1S/C15H20ClNO5S/c1-15(2,3)22-14(20)17-5-4-6-21-8-10(17)9-7-11(13(18)19)23-12(9)16/h7,10H,4-6,8H2,1-3H3,(H,18,19). The number of carbonyl (C=O) groups is 2. The number of aromatic carboxylic acids is 1. The number of carboxylic acid groups (broad SMARTS) is 1. The van der Waals surface area contributed by atoms with E-state index in [-0.39, 0.29) is 11.5 Å². The molecular formula is C15H20ClNO5S. The number of nitrogens with zero attached hydrogens (tertiary/aromatic N) is 1. The average molecular weight is 362 g/mol. The maximum atomic E-state index is 12.5. The van der Waals surface area contributed by atoms with E-state index in [1.807, 2.05) is 0 Å². The number of thiophene rings is 1. The van der Waals surface area contributed by atoms with Crippen LogP contribution in [-0.4, -0.2) is 47.4 Å². The monoisotopic (exact) mass is 361 g/mol. The third-order valence-corrected chi connectivity index (χ3v) is 4.63. The largest absolute Gasteiger partial charge is 0.477 e. The summed E-state index contributed by atoms with van der Waals surface area (Å²) in [5.41, 5.74) is -0.0266. The van der Waals surface area contributed by atoms with Gasteiger partial charge in [-0.2, -0.15) is 0 Å². The third-order valence-electron chi connectivity index (χ3n) is 3.25. The summed E-state index contributed by atoms with van der Waals surface area (Å²) in [6.07, 6.45) is 0.232. The van der Waals surface area contributed by atoms with E-state index in [1.54, 1.807) is 25.7 Å². The molecule has 1 atom stereocenters. The summed E-state index contributed by atoms with van der Waals surface area (Å²) in [7, 11) is 0. The van der Waals surface area contributed by atoms with Crippen molar-refractivity contribution in [3.05, 3.63) is 20.8 Å². The van der Waals surface area contributed by atoms with E-state index in [0.717, 1.165) is 11.3 Å². The molecule has 8 heteroatoms. The Balaban J connectivity index is 2.31. The number of hydrogen-bond acceptors (Lipinski definition) is 5. The van der Waals surface area contributed by atoms with Crippen LogP contribution in [0.1, 0.15) is 48.5 Å². The Morgan fingerprint density at radius 1 is 1.48 bits per heavy atom. The van der Waals surface area contributed by atoms with Crippen LogP contribution in [0.4, 0.5) is 4.79 Å². The number of carboxylic acids is 1. The molecule has 1 saturated heterocycles. The molecule has 2 rings (SSSR count). The second-order valence-corrected chi connectivity index (χ2v) is 7.92. The number of carbonyl (C=O) groups excluding carboxylic acids is 1. The van der Waals surface area contributed by atoms with Crippen molar-refractivity contribution in [1.82, 2.24) is 4.90 Å². The molecule has 23 heavy (non-hydrogen) atoms. The summed E-state index contributed by atoms with van der Waals surface area (Å²) in [5.74, 6) is -1.04. The van der Waals surface area contributed by atoms with Gasteiger partial charge in [0, 0.05) is 18.7 Å². The Bertz CT molecular complexity index is 595. The van der Waals surface area contributed by atoms with Crippen LogP contribution >= 0.6 is 22.9 Å². The molecular weight excluding hydrogens is 342 g/mol. The zero-order valence-corrected chi connectivity index (χ0v) is 14.9. The normalized spacial score (nSPS) is 19.3. The minimum atomic E-state index is -1.04. The molecule has 0 radical (unpaired) electrons. The van der Waals surface area contributed by atoms with Crippen LogP contribution in [0.25, 0.3) is 0 Å². The summed E-state index contributed by atoms with van der Waals surface area (Å²) in [6.45, 7) is 6.66. The lowest BCUT2D eigenvalue weighted by atomic mass is 10.1. The van der Waals surface area contributed by atoms with Gasteiger partial charge in [-0.05, 0) is 33.3 Å². The number of rotatable bonds is 2. The van der Waals surface area contributed by atoms with Crippen molar-refractivity contribution < 1.29 is 24.2 Å². The van der Waals surface area contributed by atoms with Crippen LogP contribution in [0.2, 0.25) is 4.34 Å². The quantitative estimate of drug-likeness (QED) is 0.867. The SMILES string of the molecule is CC(C)(C)OC(=O)N1CCCOCC1c1cc(C(=O)O)sc1Cl. The van der Waals surface area contributed by atoms with Gasteiger partial charge in [0.1, 0.15) is 10.5 Å². The van der Waals surface area contributed by atoms with E-state index < -0.39 is 23.7 Å². The molecule has 1 aliphatic rings. The molecule has 6 nitrogen and oxygen atoms in total. The first kappa shape index (κ1) is 18.0. The highest BCUT2D eigenvalue weighted by atomic mass is 35.5. The molecule has 1 N–H and O–H groups in total. The first-order valence-corrected chi connectivity index (χ1v) is 8.48. The third kappa shape index (κ3) is 4.59. The van der Waals surface area contributed by atoms with Crippen molar-refractivity contribution in [1.29, 1.82) is 0 Å². The van der Waals surface area contributed by atoms with Crippen molar-refractivity contribution in [3.63, 3.8) is 0 Å². The molecule has 128 valence electrons. The van der Waals surface area contributed by atoms with Crippen molar-refractivity contribution in [2.75, 3.05) is 19.8 Å². The Labute approximate surface area is 143 Å². The van der Waals surface area contributed by atoms with Crippen molar-refractivity contribution in [2.45, 2.75) is 38.8 Å². The minimum Gasteiger partial charge on any atom is -0.477 e. The molecule has 1 amide bonds. The number of ether oxygens (including phenoxy) is 2.